The first-order chi connectivity index (χ1) is 9.41. The van der Waals surface area contributed by atoms with Crippen molar-refractivity contribution in [2.75, 3.05) is 19.6 Å². The summed E-state index contributed by atoms with van der Waals surface area (Å²) in [6.45, 7) is 6.64. The predicted octanol–water partition coefficient (Wildman–Crippen LogP) is 1.60. The molecule has 0 bridgehead atoms. The number of carbonyl (C=O) groups excluding carboxylic acids is 1. The van der Waals surface area contributed by atoms with Crippen LogP contribution in [0.2, 0.25) is 0 Å². The Morgan fingerprint density at radius 2 is 2.20 bits per heavy atom. The summed E-state index contributed by atoms with van der Waals surface area (Å²) in [4.78, 5) is 14.5. The van der Waals surface area contributed by atoms with Crippen LogP contribution in [-0.2, 0) is 0 Å². The molecule has 1 amide bonds. The van der Waals surface area contributed by atoms with Crippen molar-refractivity contribution in [3.8, 4) is 5.75 Å². The van der Waals surface area contributed by atoms with E-state index in [4.69, 9.17) is 0 Å². The lowest BCUT2D eigenvalue weighted by Crippen LogP contribution is -2.47. The summed E-state index contributed by atoms with van der Waals surface area (Å²) in [6, 6.07) is 3.55. The molecule has 0 saturated carbocycles. The molecule has 0 aliphatic carbocycles. The summed E-state index contributed by atoms with van der Waals surface area (Å²) < 4.78 is 13.0. The fraction of sp³-hybridized carbons (Fsp3) is 0.533. The molecule has 2 aliphatic rings. The topological polar surface area (TPSA) is 52.6 Å². The second-order valence-electron chi connectivity index (χ2n) is 6.26. The summed E-state index contributed by atoms with van der Waals surface area (Å²) in [5, 5.41) is 13.2. The molecule has 5 heteroatoms. The molecule has 2 unspecified atom stereocenters. The van der Waals surface area contributed by atoms with Crippen molar-refractivity contribution >= 4 is 5.91 Å². The number of halogens is 1. The van der Waals surface area contributed by atoms with E-state index in [2.05, 4.69) is 19.2 Å². The summed E-state index contributed by atoms with van der Waals surface area (Å²) in [6.07, 6.45) is 0. The van der Waals surface area contributed by atoms with Crippen LogP contribution in [0.25, 0.3) is 0 Å². The van der Waals surface area contributed by atoms with Crippen LogP contribution < -0.4 is 5.32 Å². The van der Waals surface area contributed by atoms with Gasteiger partial charge in [-0.2, -0.15) is 0 Å². The zero-order valence-corrected chi connectivity index (χ0v) is 11.7. The Labute approximate surface area is 117 Å². The molecule has 108 valence electrons. The van der Waals surface area contributed by atoms with Crippen LogP contribution in [0.1, 0.15) is 24.2 Å². The zero-order chi connectivity index (χ0) is 14.5. The Morgan fingerprint density at radius 1 is 1.45 bits per heavy atom. The quantitative estimate of drug-likeness (QED) is 0.820. The number of phenolic OH excluding ortho intramolecular Hbond substituents is 1. The van der Waals surface area contributed by atoms with Gasteiger partial charge in [0, 0.05) is 31.2 Å². The molecular formula is C15H19FN2O2. The smallest absolute Gasteiger partial charge is 0.258 e. The van der Waals surface area contributed by atoms with Crippen molar-refractivity contribution in [1.29, 1.82) is 0 Å². The van der Waals surface area contributed by atoms with Crippen molar-refractivity contribution in [2.24, 2.45) is 11.8 Å². The molecule has 0 aromatic heterocycles. The van der Waals surface area contributed by atoms with Crippen molar-refractivity contribution in [1.82, 2.24) is 10.2 Å². The molecule has 0 spiro atoms. The van der Waals surface area contributed by atoms with Crippen LogP contribution in [0.15, 0.2) is 18.2 Å². The average Bonchev–Trinajstić information content (AvgIpc) is 2.91. The van der Waals surface area contributed by atoms with Gasteiger partial charge in [0.25, 0.3) is 5.91 Å². The second kappa shape index (κ2) is 4.45. The van der Waals surface area contributed by atoms with Gasteiger partial charge in [-0.1, -0.05) is 0 Å². The van der Waals surface area contributed by atoms with Crippen LogP contribution in [0.5, 0.6) is 5.75 Å². The molecule has 0 radical (unpaired) electrons. The van der Waals surface area contributed by atoms with Crippen molar-refractivity contribution in [2.45, 2.75) is 19.4 Å². The van der Waals surface area contributed by atoms with Gasteiger partial charge >= 0.3 is 0 Å². The van der Waals surface area contributed by atoms with Crippen LogP contribution in [0, 0.1) is 17.7 Å². The van der Waals surface area contributed by atoms with E-state index in [1.54, 1.807) is 0 Å². The molecule has 2 heterocycles. The van der Waals surface area contributed by atoms with Gasteiger partial charge in [-0.25, -0.2) is 4.39 Å². The number of benzene rings is 1. The first-order valence-corrected chi connectivity index (χ1v) is 6.92. The fourth-order valence-corrected chi connectivity index (χ4v) is 3.60. The van der Waals surface area contributed by atoms with E-state index in [1.807, 2.05) is 4.90 Å². The van der Waals surface area contributed by atoms with Gasteiger partial charge in [-0.3, -0.25) is 4.79 Å². The number of hydrogen-bond donors (Lipinski definition) is 2. The first kappa shape index (κ1) is 13.4. The van der Waals surface area contributed by atoms with Gasteiger partial charge < -0.3 is 15.3 Å². The van der Waals surface area contributed by atoms with Gasteiger partial charge in [0.2, 0.25) is 0 Å². The number of amides is 1. The second-order valence-corrected chi connectivity index (χ2v) is 6.26. The van der Waals surface area contributed by atoms with Crippen LogP contribution in [0.4, 0.5) is 4.39 Å². The Bertz CT molecular complexity index is 559. The zero-order valence-electron chi connectivity index (χ0n) is 11.7. The lowest BCUT2D eigenvalue weighted by Gasteiger charge is -2.35. The number of hydrogen-bond acceptors (Lipinski definition) is 3. The van der Waals surface area contributed by atoms with E-state index in [0.717, 1.165) is 19.2 Å². The highest BCUT2D eigenvalue weighted by molar-refractivity contribution is 5.97. The molecule has 1 aromatic carbocycles. The Kier molecular flexibility index (Phi) is 2.97. The summed E-state index contributed by atoms with van der Waals surface area (Å²) in [5.74, 6) is -0.172. The normalized spacial score (nSPS) is 27.6. The minimum Gasteiger partial charge on any atom is -0.507 e. The highest BCUT2D eigenvalue weighted by Gasteiger charge is 2.51. The van der Waals surface area contributed by atoms with Crippen LogP contribution in [0.3, 0.4) is 0 Å². The molecule has 2 atom stereocenters. The summed E-state index contributed by atoms with van der Waals surface area (Å²) >= 11 is 0. The lowest BCUT2D eigenvalue weighted by molar-refractivity contribution is 0.0600. The number of rotatable bonds is 1. The predicted molar refractivity (Wildman–Crippen MR) is 73.0 cm³/mol. The summed E-state index contributed by atoms with van der Waals surface area (Å²) in [5.41, 5.74) is -0.0843. The number of phenols is 1. The molecular weight excluding hydrogens is 259 g/mol. The molecule has 2 aliphatic heterocycles. The minimum atomic E-state index is -0.541. The van der Waals surface area contributed by atoms with Gasteiger partial charge in [0.15, 0.2) is 0 Å². The van der Waals surface area contributed by atoms with Gasteiger partial charge in [0.05, 0.1) is 5.56 Å². The summed E-state index contributed by atoms with van der Waals surface area (Å²) in [7, 11) is 0. The molecule has 2 saturated heterocycles. The highest BCUT2D eigenvalue weighted by Crippen LogP contribution is 2.41. The van der Waals surface area contributed by atoms with Crippen LogP contribution >= 0.6 is 0 Å². The SMILES string of the molecule is CC1(C)C2CNCC2CN1C(=O)c1ccc(F)cc1O. The lowest BCUT2D eigenvalue weighted by atomic mass is 9.84. The third-order valence-electron chi connectivity index (χ3n) is 4.80. The van der Waals surface area contributed by atoms with Gasteiger partial charge in [-0.15, -0.1) is 0 Å². The van der Waals surface area contributed by atoms with Crippen LogP contribution in [-0.4, -0.2) is 41.1 Å². The standard InChI is InChI=1S/C15H19FN2O2/c1-15(2)12-7-17-6-9(12)8-18(15)14(20)11-4-3-10(16)5-13(11)19/h3-5,9,12,17,19H,6-8H2,1-2H3. The number of fused-ring (bicyclic) bond motifs is 1. The Hall–Kier alpha value is -1.62. The molecule has 2 N–H and O–H groups in total. The minimum absolute atomic E-state index is 0.174. The maximum Gasteiger partial charge on any atom is 0.258 e. The largest absolute Gasteiger partial charge is 0.507 e. The maximum atomic E-state index is 13.0. The third-order valence-corrected chi connectivity index (χ3v) is 4.80. The van der Waals surface area contributed by atoms with Crippen molar-refractivity contribution in [3.63, 3.8) is 0 Å². The Morgan fingerprint density at radius 3 is 2.85 bits per heavy atom. The number of nitrogens with one attached hydrogen (secondary N) is 1. The van der Waals surface area contributed by atoms with Gasteiger partial charge in [0.1, 0.15) is 11.6 Å². The number of aromatic hydroxyl groups is 1. The van der Waals surface area contributed by atoms with E-state index in [1.165, 1.54) is 12.1 Å². The number of likely N-dealkylation sites (tertiary alicyclic amines) is 1. The number of nitrogens with zero attached hydrogens (tertiary/aromatic N) is 1. The van der Waals surface area contributed by atoms with E-state index in [-0.39, 0.29) is 22.8 Å². The third kappa shape index (κ3) is 1.88. The van der Waals surface area contributed by atoms with E-state index >= 15 is 0 Å². The van der Waals surface area contributed by atoms with Crippen molar-refractivity contribution < 1.29 is 14.3 Å². The first-order valence-electron chi connectivity index (χ1n) is 6.92. The van der Waals surface area contributed by atoms with E-state index < -0.39 is 5.82 Å². The maximum absolute atomic E-state index is 13.0. The Balaban J connectivity index is 1.91. The monoisotopic (exact) mass is 278 g/mol. The van der Waals surface area contributed by atoms with E-state index in [0.29, 0.717) is 18.4 Å². The highest BCUT2D eigenvalue weighted by atomic mass is 19.1. The molecule has 2 fully saturated rings. The number of carbonyl (C=O) groups is 1. The van der Waals surface area contributed by atoms with E-state index in [9.17, 15) is 14.3 Å². The molecule has 1 aromatic rings. The van der Waals surface area contributed by atoms with Crippen molar-refractivity contribution in [3.05, 3.63) is 29.6 Å². The fourth-order valence-electron chi connectivity index (χ4n) is 3.60. The average molecular weight is 278 g/mol. The molecule has 20 heavy (non-hydrogen) atoms. The molecule has 4 nitrogen and oxygen atoms in total. The molecule has 3 rings (SSSR count). The van der Waals surface area contributed by atoms with Gasteiger partial charge in [-0.05, 0) is 37.8 Å².